The highest BCUT2D eigenvalue weighted by molar-refractivity contribution is 5.84. The Hall–Kier alpha value is -3.54. The first kappa shape index (κ1) is 21.2. The molecular formula is C24H26N2O4. The van der Waals surface area contributed by atoms with Gasteiger partial charge >= 0.3 is 5.97 Å². The lowest BCUT2D eigenvalue weighted by molar-refractivity contribution is -0.150. The van der Waals surface area contributed by atoms with Crippen molar-refractivity contribution in [1.29, 1.82) is 0 Å². The second-order valence-electron chi connectivity index (χ2n) is 6.92. The molecule has 0 spiro atoms. The minimum Gasteiger partial charge on any atom is -0.482 e. The monoisotopic (exact) mass is 406 g/mol. The lowest BCUT2D eigenvalue weighted by atomic mass is 10.1. The molecule has 6 nitrogen and oxygen atoms in total. The largest absolute Gasteiger partial charge is 0.482 e. The topological polar surface area (TPSA) is 67.9 Å². The number of nitrogens with zero attached hydrogens (tertiary/aromatic N) is 1. The smallest absolute Gasteiger partial charge is 0.344 e. The van der Waals surface area contributed by atoms with E-state index in [9.17, 15) is 9.59 Å². The van der Waals surface area contributed by atoms with Crippen molar-refractivity contribution in [3.63, 3.8) is 0 Å². The highest BCUT2D eigenvalue weighted by atomic mass is 16.6. The van der Waals surface area contributed by atoms with Crippen molar-refractivity contribution >= 4 is 28.3 Å². The van der Waals surface area contributed by atoms with Crippen LogP contribution in [-0.2, 0) is 14.3 Å². The highest BCUT2D eigenvalue weighted by Crippen LogP contribution is 2.20. The van der Waals surface area contributed by atoms with Crippen LogP contribution in [0.2, 0.25) is 0 Å². The lowest BCUT2D eigenvalue weighted by Crippen LogP contribution is -2.32. The summed E-state index contributed by atoms with van der Waals surface area (Å²) in [5, 5.41) is 4.88. The van der Waals surface area contributed by atoms with E-state index in [2.05, 4.69) is 10.2 Å². The normalized spacial score (nSPS) is 10.4. The quantitative estimate of drug-likeness (QED) is 0.413. The minimum atomic E-state index is -0.581. The van der Waals surface area contributed by atoms with Crippen LogP contribution >= 0.6 is 0 Å². The molecule has 3 rings (SSSR count). The summed E-state index contributed by atoms with van der Waals surface area (Å²) in [5.41, 5.74) is 1.13. The number of hydrogen-bond donors (Lipinski definition) is 1. The van der Waals surface area contributed by atoms with Crippen molar-refractivity contribution in [3.8, 4) is 5.75 Å². The molecule has 0 bridgehead atoms. The molecule has 0 saturated heterocycles. The van der Waals surface area contributed by atoms with Gasteiger partial charge in [0.15, 0.2) is 13.2 Å². The molecule has 0 heterocycles. The van der Waals surface area contributed by atoms with E-state index >= 15 is 0 Å². The number of hydrogen-bond acceptors (Lipinski definition) is 5. The maximum absolute atomic E-state index is 11.8. The Morgan fingerprint density at radius 3 is 2.43 bits per heavy atom. The highest BCUT2D eigenvalue weighted by Gasteiger charge is 2.09. The van der Waals surface area contributed by atoms with E-state index in [-0.39, 0.29) is 19.1 Å². The van der Waals surface area contributed by atoms with Gasteiger partial charge in [-0.15, -0.1) is 0 Å². The van der Waals surface area contributed by atoms with Crippen LogP contribution in [0.15, 0.2) is 72.8 Å². The van der Waals surface area contributed by atoms with Crippen LogP contribution < -0.4 is 15.0 Å². The van der Waals surface area contributed by atoms with Gasteiger partial charge < -0.3 is 19.7 Å². The Kier molecular flexibility index (Phi) is 7.66. The second kappa shape index (κ2) is 10.9. The van der Waals surface area contributed by atoms with Crippen LogP contribution in [0, 0.1) is 0 Å². The molecule has 156 valence electrons. The van der Waals surface area contributed by atoms with Crippen LogP contribution in [0.5, 0.6) is 5.75 Å². The van der Waals surface area contributed by atoms with Crippen molar-refractivity contribution < 1.29 is 19.1 Å². The Labute approximate surface area is 176 Å². The van der Waals surface area contributed by atoms with Crippen LogP contribution in [-0.4, -0.2) is 45.2 Å². The molecule has 1 amide bonds. The lowest BCUT2D eigenvalue weighted by Gasteiger charge is -2.19. The number of fused-ring (bicyclic) bond motifs is 1. The van der Waals surface area contributed by atoms with Crippen molar-refractivity contribution in [2.75, 3.05) is 38.3 Å². The first-order valence-corrected chi connectivity index (χ1v) is 9.92. The Bertz CT molecular complexity index is 975. The third-order valence-electron chi connectivity index (χ3n) is 4.63. The maximum Gasteiger partial charge on any atom is 0.344 e. The van der Waals surface area contributed by atoms with Gasteiger partial charge in [0.1, 0.15) is 5.75 Å². The molecule has 0 unspecified atom stereocenters. The van der Waals surface area contributed by atoms with E-state index in [1.165, 1.54) is 0 Å². The summed E-state index contributed by atoms with van der Waals surface area (Å²) in [5.74, 6) is -0.323. The van der Waals surface area contributed by atoms with E-state index < -0.39 is 5.97 Å². The van der Waals surface area contributed by atoms with Gasteiger partial charge in [-0.3, -0.25) is 4.79 Å². The molecule has 6 heteroatoms. The van der Waals surface area contributed by atoms with Crippen LogP contribution in [0.25, 0.3) is 10.8 Å². The third-order valence-corrected chi connectivity index (χ3v) is 4.63. The number of nitrogens with one attached hydrogen (secondary N) is 1. The number of esters is 1. The fraction of sp³-hybridized carbons (Fsp3) is 0.250. The fourth-order valence-electron chi connectivity index (χ4n) is 2.99. The van der Waals surface area contributed by atoms with Crippen LogP contribution in [0.1, 0.15) is 6.42 Å². The van der Waals surface area contributed by atoms with Gasteiger partial charge in [0, 0.05) is 25.8 Å². The Morgan fingerprint density at radius 1 is 0.900 bits per heavy atom. The number of carbonyl (C=O) groups is 2. The van der Waals surface area contributed by atoms with Crippen LogP contribution in [0.3, 0.4) is 0 Å². The molecule has 0 aliphatic carbocycles. The average Bonchev–Trinajstić information content (AvgIpc) is 2.79. The van der Waals surface area contributed by atoms with Crippen molar-refractivity contribution in [3.05, 3.63) is 72.8 Å². The average molecular weight is 406 g/mol. The van der Waals surface area contributed by atoms with E-state index in [4.69, 9.17) is 9.47 Å². The number of benzene rings is 3. The molecule has 0 atom stereocenters. The molecule has 0 aromatic heterocycles. The zero-order chi connectivity index (χ0) is 21.2. The van der Waals surface area contributed by atoms with Gasteiger partial charge in [-0.25, -0.2) is 4.79 Å². The number of carbonyl (C=O) groups excluding carboxylic acids is 2. The van der Waals surface area contributed by atoms with Crippen molar-refractivity contribution in [2.24, 2.45) is 0 Å². The summed E-state index contributed by atoms with van der Waals surface area (Å²) >= 11 is 0. The van der Waals surface area contributed by atoms with Crippen molar-refractivity contribution in [2.45, 2.75) is 6.42 Å². The molecule has 3 aromatic carbocycles. The summed E-state index contributed by atoms with van der Waals surface area (Å²) in [4.78, 5) is 25.8. The van der Waals surface area contributed by atoms with Gasteiger partial charge in [-0.2, -0.15) is 0 Å². The molecule has 1 N–H and O–H groups in total. The number of anilines is 1. The molecule has 0 aliphatic rings. The van der Waals surface area contributed by atoms with E-state index in [1.807, 2.05) is 73.8 Å². The van der Waals surface area contributed by atoms with Crippen molar-refractivity contribution in [1.82, 2.24) is 5.32 Å². The Morgan fingerprint density at radius 2 is 1.63 bits per heavy atom. The number of rotatable bonds is 10. The zero-order valence-electron chi connectivity index (χ0n) is 17.0. The first-order valence-electron chi connectivity index (χ1n) is 9.92. The second-order valence-corrected chi connectivity index (χ2v) is 6.92. The summed E-state index contributed by atoms with van der Waals surface area (Å²) in [6, 6.07) is 23.5. The zero-order valence-corrected chi connectivity index (χ0v) is 17.0. The van der Waals surface area contributed by atoms with Gasteiger partial charge in [0.25, 0.3) is 5.91 Å². The Balaban J connectivity index is 1.30. The summed E-state index contributed by atoms with van der Waals surface area (Å²) in [7, 11) is 2.01. The molecule has 30 heavy (non-hydrogen) atoms. The summed E-state index contributed by atoms with van der Waals surface area (Å²) in [6.07, 6.45) is 0.788. The van der Waals surface area contributed by atoms with Gasteiger partial charge in [-0.05, 0) is 41.5 Å². The van der Waals surface area contributed by atoms with E-state index in [0.29, 0.717) is 12.3 Å². The number of amides is 1. The van der Waals surface area contributed by atoms with Crippen LogP contribution in [0.4, 0.5) is 5.69 Å². The molecule has 0 saturated carbocycles. The predicted octanol–water partition coefficient (Wildman–Crippen LogP) is 3.40. The molecule has 0 radical (unpaired) electrons. The minimum absolute atomic E-state index is 0.243. The van der Waals surface area contributed by atoms with Gasteiger partial charge in [0.05, 0.1) is 0 Å². The first-order chi connectivity index (χ1) is 14.6. The third kappa shape index (κ3) is 6.51. The predicted molar refractivity (Wildman–Crippen MR) is 118 cm³/mol. The molecule has 0 aliphatic heterocycles. The molecular weight excluding hydrogens is 380 g/mol. The molecule has 0 fully saturated rings. The number of ether oxygens (including phenoxy) is 2. The van der Waals surface area contributed by atoms with E-state index in [0.717, 1.165) is 29.4 Å². The molecule has 3 aromatic rings. The van der Waals surface area contributed by atoms with Gasteiger partial charge in [-0.1, -0.05) is 48.5 Å². The SMILES string of the molecule is CN(CCCNC(=O)COC(=O)COc1ccc2ccccc2c1)c1ccccc1. The van der Waals surface area contributed by atoms with Gasteiger partial charge in [0.2, 0.25) is 0 Å². The maximum atomic E-state index is 11.8. The van der Waals surface area contributed by atoms with E-state index in [1.54, 1.807) is 6.07 Å². The summed E-state index contributed by atoms with van der Waals surface area (Å²) in [6.45, 7) is 0.771. The standard InChI is InChI=1S/C24H26N2O4/c1-26(21-10-3-2-4-11-21)15-7-14-25-23(27)17-30-24(28)18-29-22-13-12-19-8-5-6-9-20(19)16-22/h2-6,8-13,16H,7,14-15,17-18H2,1H3,(H,25,27). The number of para-hydroxylation sites is 1. The fourth-order valence-corrected chi connectivity index (χ4v) is 2.99. The summed E-state index contributed by atoms with van der Waals surface area (Å²) < 4.78 is 10.4.